The minimum Gasteiger partial charge on any atom is -0.461 e. The molecule has 3 aliphatic rings. The predicted molar refractivity (Wildman–Crippen MR) is 110 cm³/mol. The van der Waals surface area contributed by atoms with Gasteiger partial charge in [-0.25, -0.2) is 4.79 Å². The van der Waals surface area contributed by atoms with Crippen LogP contribution in [0.4, 0.5) is 0 Å². The Bertz CT molecular complexity index is 664. The van der Waals surface area contributed by atoms with E-state index in [4.69, 9.17) is 4.74 Å². The van der Waals surface area contributed by atoms with Crippen molar-refractivity contribution in [1.82, 2.24) is 5.32 Å². The predicted octanol–water partition coefficient (Wildman–Crippen LogP) is 2.08. The number of hydrogen-bond donors (Lipinski definition) is 3. The van der Waals surface area contributed by atoms with Gasteiger partial charge in [0.15, 0.2) is 0 Å². The van der Waals surface area contributed by atoms with Crippen LogP contribution in [-0.2, 0) is 14.3 Å². The van der Waals surface area contributed by atoms with E-state index >= 15 is 0 Å². The van der Waals surface area contributed by atoms with Crippen molar-refractivity contribution in [3.63, 3.8) is 0 Å². The Balaban J connectivity index is 1.83. The van der Waals surface area contributed by atoms with Crippen molar-refractivity contribution in [1.29, 1.82) is 0 Å². The van der Waals surface area contributed by atoms with Crippen molar-refractivity contribution in [2.75, 3.05) is 20.2 Å². The number of esters is 1. The molecule has 0 amide bonds. The zero-order valence-electron chi connectivity index (χ0n) is 18.2. The maximum absolute atomic E-state index is 12.2. The van der Waals surface area contributed by atoms with E-state index < -0.39 is 17.6 Å². The largest absolute Gasteiger partial charge is 0.461 e. The van der Waals surface area contributed by atoms with Gasteiger partial charge in [0.05, 0.1) is 17.6 Å². The molecule has 3 rings (SSSR count). The number of ether oxygens (including phenoxy) is 1. The van der Waals surface area contributed by atoms with Gasteiger partial charge in [-0.3, -0.25) is 0 Å². The third kappa shape index (κ3) is 3.79. The summed E-state index contributed by atoms with van der Waals surface area (Å²) in [5, 5.41) is 24.6. The highest BCUT2D eigenvalue weighted by Crippen LogP contribution is 2.64. The number of aliphatic hydroxyl groups is 2. The molecule has 0 aromatic rings. The number of rotatable bonds is 5. The van der Waals surface area contributed by atoms with Crippen molar-refractivity contribution in [3.8, 4) is 0 Å². The Morgan fingerprint density at radius 3 is 2.69 bits per heavy atom. The van der Waals surface area contributed by atoms with Crippen LogP contribution >= 0.6 is 0 Å². The molecular weight excluding hydrogens is 370 g/mol. The number of aliphatic hydroxyl groups excluding tert-OH is 2. The van der Waals surface area contributed by atoms with E-state index in [2.05, 4.69) is 19.2 Å². The van der Waals surface area contributed by atoms with Crippen LogP contribution in [-0.4, -0.2) is 54.9 Å². The second-order valence-corrected chi connectivity index (χ2v) is 9.90. The molecule has 6 nitrogen and oxygen atoms in total. The SMILES string of the molecule is CNCCOC(=O)C=C1CCC2C(C(O)CC3C(C)(C=O)C(O)CCC23C)C1C. The van der Waals surface area contributed by atoms with E-state index in [9.17, 15) is 19.8 Å². The molecule has 8 unspecified atom stereocenters. The first-order chi connectivity index (χ1) is 13.7. The van der Waals surface area contributed by atoms with Crippen molar-refractivity contribution in [3.05, 3.63) is 11.6 Å². The first kappa shape index (κ1) is 22.4. The second-order valence-electron chi connectivity index (χ2n) is 9.90. The molecule has 6 heteroatoms. The molecule has 3 aliphatic carbocycles. The summed E-state index contributed by atoms with van der Waals surface area (Å²) in [4.78, 5) is 24.2. The van der Waals surface area contributed by atoms with Crippen LogP contribution in [0.2, 0.25) is 0 Å². The number of aldehydes is 1. The third-order valence-corrected chi connectivity index (χ3v) is 8.51. The molecule has 0 radical (unpaired) electrons. The fraction of sp³-hybridized carbons (Fsp3) is 0.826. The Labute approximate surface area is 174 Å². The number of carbonyl (C=O) groups excluding carboxylic acids is 2. The lowest BCUT2D eigenvalue weighted by Crippen LogP contribution is -2.62. The maximum atomic E-state index is 12.2. The topological polar surface area (TPSA) is 95.9 Å². The van der Waals surface area contributed by atoms with E-state index in [0.717, 1.165) is 31.1 Å². The van der Waals surface area contributed by atoms with Crippen LogP contribution in [0.1, 0.15) is 52.9 Å². The molecule has 3 N–H and O–H groups in total. The zero-order chi connectivity index (χ0) is 21.4. The molecule has 0 bridgehead atoms. The van der Waals surface area contributed by atoms with Crippen molar-refractivity contribution < 1.29 is 24.5 Å². The number of fused-ring (bicyclic) bond motifs is 3. The van der Waals surface area contributed by atoms with Gasteiger partial charge < -0.3 is 25.1 Å². The maximum Gasteiger partial charge on any atom is 0.330 e. The van der Waals surface area contributed by atoms with E-state index in [-0.39, 0.29) is 35.1 Å². The lowest BCUT2D eigenvalue weighted by Gasteiger charge is -2.63. The van der Waals surface area contributed by atoms with Crippen LogP contribution in [0.25, 0.3) is 0 Å². The molecule has 0 spiro atoms. The highest BCUT2D eigenvalue weighted by molar-refractivity contribution is 5.83. The van der Waals surface area contributed by atoms with Crippen LogP contribution in [0.3, 0.4) is 0 Å². The molecule has 0 aliphatic heterocycles. The van der Waals surface area contributed by atoms with Gasteiger partial charge in [-0.05, 0) is 68.2 Å². The highest BCUT2D eigenvalue weighted by Gasteiger charge is 2.62. The molecule has 0 aromatic heterocycles. The zero-order valence-corrected chi connectivity index (χ0v) is 18.2. The minimum absolute atomic E-state index is 0.0308. The molecular formula is C23H37NO5. The standard InChI is InChI=1S/C23H37NO5/c1-14-15(11-20(28)29-10-9-24-4)5-6-16-21(14)17(26)12-18-22(16,2)8-7-19(27)23(18,3)13-25/h11,13-14,16-19,21,24,26-27H,5-10,12H2,1-4H3. The molecule has 8 atom stereocenters. The third-order valence-electron chi connectivity index (χ3n) is 8.51. The highest BCUT2D eigenvalue weighted by atomic mass is 16.5. The summed E-state index contributed by atoms with van der Waals surface area (Å²) in [6.45, 7) is 7.18. The average molecular weight is 408 g/mol. The van der Waals surface area contributed by atoms with Gasteiger partial charge in [0.1, 0.15) is 12.9 Å². The monoisotopic (exact) mass is 407 g/mol. The Morgan fingerprint density at radius 1 is 1.31 bits per heavy atom. The number of allylic oxidation sites excluding steroid dienone is 1. The molecule has 3 saturated carbocycles. The fourth-order valence-corrected chi connectivity index (χ4v) is 6.76. The smallest absolute Gasteiger partial charge is 0.330 e. The Kier molecular flexibility index (Phi) is 6.56. The van der Waals surface area contributed by atoms with Crippen LogP contribution in [0.5, 0.6) is 0 Å². The summed E-state index contributed by atoms with van der Waals surface area (Å²) in [5.41, 5.74) is 0.150. The molecule has 0 saturated heterocycles. The molecule has 164 valence electrons. The van der Waals surface area contributed by atoms with Gasteiger partial charge in [0.25, 0.3) is 0 Å². The number of nitrogens with one attached hydrogen (secondary N) is 1. The average Bonchev–Trinajstić information content (AvgIpc) is 2.69. The summed E-state index contributed by atoms with van der Waals surface area (Å²) < 4.78 is 5.25. The first-order valence-electron chi connectivity index (χ1n) is 11.0. The normalized spacial score (nSPS) is 45.9. The van der Waals surface area contributed by atoms with Gasteiger partial charge >= 0.3 is 5.97 Å². The molecule has 0 heterocycles. The van der Waals surface area contributed by atoms with Crippen molar-refractivity contribution in [2.45, 2.75) is 65.1 Å². The summed E-state index contributed by atoms with van der Waals surface area (Å²) in [6.07, 6.45) is 5.06. The Morgan fingerprint density at radius 2 is 2.03 bits per heavy atom. The summed E-state index contributed by atoms with van der Waals surface area (Å²) in [6, 6.07) is 0. The van der Waals surface area contributed by atoms with Gasteiger partial charge in [0, 0.05) is 12.6 Å². The first-order valence-corrected chi connectivity index (χ1v) is 11.0. The Hall–Kier alpha value is -1.24. The molecule has 0 aromatic carbocycles. The summed E-state index contributed by atoms with van der Waals surface area (Å²) >= 11 is 0. The summed E-state index contributed by atoms with van der Waals surface area (Å²) in [5.74, 6) is 0.0803. The van der Waals surface area contributed by atoms with Crippen molar-refractivity contribution in [2.24, 2.45) is 34.5 Å². The number of carbonyl (C=O) groups is 2. The van der Waals surface area contributed by atoms with E-state index in [1.807, 2.05) is 14.0 Å². The van der Waals surface area contributed by atoms with Gasteiger partial charge in [0.2, 0.25) is 0 Å². The molecule has 29 heavy (non-hydrogen) atoms. The van der Waals surface area contributed by atoms with E-state index in [1.54, 1.807) is 6.08 Å². The lowest BCUT2D eigenvalue weighted by molar-refractivity contribution is -0.192. The number of hydrogen-bond acceptors (Lipinski definition) is 6. The quantitative estimate of drug-likeness (QED) is 0.280. The van der Waals surface area contributed by atoms with Gasteiger partial charge in [-0.2, -0.15) is 0 Å². The van der Waals surface area contributed by atoms with Crippen LogP contribution in [0.15, 0.2) is 11.6 Å². The number of likely N-dealkylation sites (N-methyl/N-ethyl adjacent to an activating group) is 1. The minimum atomic E-state index is -0.810. The van der Waals surface area contributed by atoms with Crippen LogP contribution < -0.4 is 5.32 Å². The summed E-state index contributed by atoms with van der Waals surface area (Å²) in [7, 11) is 1.81. The van der Waals surface area contributed by atoms with Gasteiger partial charge in [-0.1, -0.05) is 26.3 Å². The van der Waals surface area contributed by atoms with E-state index in [1.165, 1.54) is 0 Å². The van der Waals surface area contributed by atoms with E-state index in [0.29, 0.717) is 26.0 Å². The fourth-order valence-electron chi connectivity index (χ4n) is 6.76. The van der Waals surface area contributed by atoms with Gasteiger partial charge in [-0.15, -0.1) is 0 Å². The molecule has 3 fully saturated rings. The lowest BCUT2D eigenvalue weighted by atomic mass is 9.42. The van der Waals surface area contributed by atoms with Crippen LogP contribution in [0, 0.1) is 34.5 Å². The second kappa shape index (κ2) is 8.48. The van der Waals surface area contributed by atoms with Crippen molar-refractivity contribution >= 4 is 12.3 Å².